The lowest BCUT2D eigenvalue weighted by atomic mass is 10.2. The summed E-state index contributed by atoms with van der Waals surface area (Å²) < 4.78 is 4.66. The van der Waals surface area contributed by atoms with Gasteiger partial charge in [-0.15, -0.1) is 0 Å². The van der Waals surface area contributed by atoms with Crippen molar-refractivity contribution < 1.29 is 9.53 Å². The van der Waals surface area contributed by atoms with Crippen LogP contribution in [0.15, 0.2) is 42.0 Å². The van der Waals surface area contributed by atoms with E-state index in [1.165, 1.54) is 7.11 Å². The fraction of sp³-hybridized carbons (Fsp3) is 0.357. The van der Waals surface area contributed by atoms with E-state index in [1.54, 1.807) is 6.92 Å². The molecule has 3 heteroatoms. The van der Waals surface area contributed by atoms with Gasteiger partial charge in [0.15, 0.2) is 0 Å². The van der Waals surface area contributed by atoms with E-state index >= 15 is 0 Å². The first-order valence-corrected chi connectivity index (χ1v) is 5.74. The minimum Gasteiger partial charge on any atom is -0.466 e. The van der Waals surface area contributed by atoms with E-state index in [-0.39, 0.29) is 5.97 Å². The molecule has 0 saturated heterocycles. The van der Waals surface area contributed by atoms with Crippen LogP contribution < -0.4 is 4.90 Å². The second-order valence-corrected chi connectivity index (χ2v) is 3.75. The van der Waals surface area contributed by atoms with Crippen molar-refractivity contribution >= 4 is 11.7 Å². The third kappa shape index (κ3) is 3.94. The molecule has 0 radical (unpaired) electrons. The van der Waals surface area contributed by atoms with E-state index in [2.05, 4.69) is 28.7 Å². The number of para-hydroxylation sites is 1. The maximum atomic E-state index is 11.2. The van der Waals surface area contributed by atoms with Gasteiger partial charge < -0.3 is 9.64 Å². The van der Waals surface area contributed by atoms with Gasteiger partial charge >= 0.3 is 5.97 Å². The van der Waals surface area contributed by atoms with Gasteiger partial charge in [-0.25, -0.2) is 4.79 Å². The maximum absolute atomic E-state index is 11.2. The molecule has 0 aliphatic carbocycles. The summed E-state index contributed by atoms with van der Waals surface area (Å²) in [5.41, 5.74) is 1.80. The van der Waals surface area contributed by atoms with Crippen molar-refractivity contribution in [3.05, 3.63) is 42.0 Å². The number of carbonyl (C=O) groups is 1. The van der Waals surface area contributed by atoms with Crippen molar-refractivity contribution in [1.82, 2.24) is 0 Å². The van der Waals surface area contributed by atoms with Gasteiger partial charge in [0.25, 0.3) is 0 Å². The van der Waals surface area contributed by atoms with Crippen LogP contribution in [-0.2, 0) is 9.53 Å². The first-order chi connectivity index (χ1) is 8.19. The lowest BCUT2D eigenvalue weighted by molar-refractivity contribution is -0.136. The Kier molecular flexibility index (Phi) is 5.27. The Balaban J connectivity index is 2.69. The topological polar surface area (TPSA) is 29.5 Å². The van der Waals surface area contributed by atoms with Crippen molar-refractivity contribution in [1.29, 1.82) is 0 Å². The molecule has 17 heavy (non-hydrogen) atoms. The predicted molar refractivity (Wildman–Crippen MR) is 70.1 cm³/mol. The predicted octanol–water partition coefficient (Wildman–Crippen LogP) is 2.63. The van der Waals surface area contributed by atoms with Gasteiger partial charge in [0, 0.05) is 24.4 Å². The van der Waals surface area contributed by atoms with Crippen molar-refractivity contribution in [3.63, 3.8) is 0 Å². The SMILES string of the molecule is CCN(CC=C(C)C(=O)OC)c1ccccc1. The molecule has 0 amide bonds. The van der Waals surface area contributed by atoms with E-state index in [4.69, 9.17) is 0 Å². The van der Waals surface area contributed by atoms with Gasteiger partial charge in [0.2, 0.25) is 0 Å². The Bertz CT molecular complexity index is 384. The number of esters is 1. The van der Waals surface area contributed by atoms with E-state index in [0.717, 1.165) is 12.2 Å². The molecule has 0 aromatic heterocycles. The molecule has 3 nitrogen and oxygen atoms in total. The summed E-state index contributed by atoms with van der Waals surface area (Å²) in [7, 11) is 1.40. The molecule has 0 bridgehead atoms. The van der Waals surface area contributed by atoms with E-state index in [9.17, 15) is 4.79 Å². The van der Waals surface area contributed by atoms with Crippen molar-refractivity contribution in [2.75, 3.05) is 25.1 Å². The Hall–Kier alpha value is -1.77. The average Bonchev–Trinajstić information content (AvgIpc) is 2.39. The molecule has 0 heterocycles. The molecule has 1 aromatic carbocycles. The summed E-state index contributed by atoms with van der Waals surface area (Å²) in [5, 5.41) is 0. The van der Waals surface area contributed by atoms with Gasteiger partial charge in [-0.05, 0) is 26.0 Å². The molecule has 0 N–H and O–H groups in total. The smallest absolute Gasteiger partial charge is 0.333 e. The fourth-order valence-corrected chi connectivity index (χ4v) is 1.55. The first-order valence-electron chi connectivity index (χ1n) is 5.74. The normalized spacial score (nSPS) is 11.1. The number of likely N-dealkylation sites (N-methyl/N-ethyl adjacent to an activating group) is 1. The third-order valence-electron chi connectivity index (χ3n) is 2.63. The highest BCUT2D eigenvalue weighted by atomic mass is 16.5. The molecule has 0 aliphatic rings. The molecule has 0 fully saturated rings. The lowest BCUT2D eigenvalue weighted by Gasteiger charge is -2.21. The van der Waals surface area contributed by atoms with Crippen molar-refractivity contribution in [2.45, 2.75) is 13.8 Å². The number of rotatable bonds is 5. The van der Waals surface area contributed by atoms with Gasteiger partial charge in [0.05, 0.1) is 7.11 Å². The zero-order valence-corrected chi connectivity index (χ0v) is 10.6. The van der Waals surface area contributed by atoms with Crippen LogP contribution in [0.25, 0.3) is 0 Å². The van der Waals surface area contributed by atoms with Crippen LogP contribution in [0.3, 0.4) is 0 Å². The summed E-state index contributed by atoms with van der Waals surface area (Å²) in [6, 6.07) is 10.1. The second-order valence-electron chi connectivity index (χ2n) is 3.75. The maximum Gasteiger partial charge on any atom is 0.333 e. The van der Waals surface area contributed by atoms with Crippen LogP contribution in [0.2, 0.25) is 0 Å². The average molecular weight is 233 g/mol. The molecule has 0 aliphatic heterocycles. The number of hydrogen-bond acceptors (Lipinski definition) is 3. The molecule has 1 aromatic rings. The van der Waals surface area contributed by atoms with E-state index in [1.807, 2.05) is 24.3 Å². The summed E-state index contributed by atoms with van der Waals surface area (Å²) in [6.07, 6.45) is 1.89. The minimum atomic E-state index is -0.269. The Morgan fingerprint density at radius 1 is 1.35 bits per heavy atom. The minimum absolute atomic E-state index is 0.269. The standard InChI is InChI=1S/C14H19NO2/c1-4-15(13-8-6-5-7-9-13)11-10-12(2)14(16)17-3/h5-10H,4,11H2,1-3H3. The number of nitrogens with zero attached hydrogens (tertiary/aromatic N) is 1. The highest BCUT2D eigenvalue weighted by molar-refractivity contribution is 5.87. The number of carbonyl (C=O) groups excluding carboxylic acids is 1. The molecule has 0 saturated carbocycles. The Morgan fingerprint density at radius 2 is 2.00 bits per heavy atom. The zero-order valence-electron chi connectivity index (χ0n) is 10.6. The molecular weight excluding hydrogens is 214 g/mol. The van der Waals surface area contributed by atoms with Crippen LogP contribution in [-0.4, -0.2) is 26.2 Å². The summed E-state index contributed by atoms with van der Waals surface area (Å²) in [5.74, 6) is -0.269. The number of ether oxygens (including phenoxy) is 1. The largest absolute Gasteiger partial charge is 0.466 e. The number of hydrogen-bond donors (Lipinski definition) is 0. The highest BCUT2D eigenvalue weighted by Crippen LogP contribution is 2.12. The van der Waals surface area contributed by atoms with Gasteiger partial charge in [-0.2, -0.15) is 0 Å². The Morgan fingerprint density at radius 3 is 2.53 bits per heavy atom. The quantitative estimate of drug-likeness (QED) is 0.578. The first kappa shape index (κ1) is 13.3. The van der Waals surface area contributed by atoms with Crippen LogP contribution in [0.1, 0.15) is 13.8 Å². The van der Waals surface area contributed by atoms with Crippen LogP contribution in [0.4, 0.5) is 5.69 Å². The molecular formula is C14H19NO2. The zero-order chi connectivity index (χ0) is 12.7. The summed E-state index contributed by atoms with van der Waals surface area (Å²) in [6.45, 7) is 5.47. The number of anilines is 1. The number of methoxy groups -OCH3 is 1. The molecule has 0 unspecified atom stereocenters. The monoisotopic (exact) mass is 233 g/mol. The second kappa shape index (κ2) is 6.74. The van der Waals surface area contributed by atoms with E-state index < -0.39 is 0 Å². The Labute approximate surface area is 103 Å². The summed E-state index contributed by atoms with van der Waals surface area (Å²) in [4.78, 5) is 13.4. The van der Waals surface area contributed by atoms with Crippen LogP contribution in [0, 0.1) is 0 Å². The van der Waals surface area contributed by atoms with Gasteiger partial charge in [-0.3, -0.25) is 0 Å². The van der Waals surface area contributed by atoms with E-state index in [0.29, 0.717) is 12.1 Å². The van der Waals surface area contributed by atoms with Gasteiger partial charge in [-0.1, -0.05) is 24.3 Å². The fourth-order valence-electron chi connectivity index (χ4n) is 1.55. The lowest BCUT2D eigenvalue weighted by Crippen LogP contribution is -2.23. The van der Waals surface area contributed by atoms with Crippen LogP contribution in [0.5, 0.6) is 0 Å². The highest BCUT2D eigenvalue weighted by Gasteiger charge is 2.05. The van der Waals surface area contributed by atoms with Crippen molar-refractivity contribution in [2.24, 2.45) is 0 Å². The number of benzene rings is 1. The molecule has 1 rings (SSSR count). The molecule has 0 atom stereocenters. The third-order valence-corrected chi connectivity index (χ3v) is 2.63. The molecule has 92 valence electrons. The van der Waals surface area contributed by atoms with Crippen molar-refractivity contribution in [3.8, 4) is 0 Å². The summed E-state index contributed by atoms with van der Waals surface area (Å²) >= 11 is 0. The molecule has 0 spiro atoms. The van der Waals surface area contributed by atoms with Crippen LogP contribution >= 0.6 is 0 Å². The van der Waals surface area contributed by atoms with Gasteiger partial charge in [0.1, 0.15) is 0 Å².